The highest BCUT2D eigenvalue weighted by Crippen LogP contribution is 2.30. The van der Waals surface area contributed by atoms with Crippen molar-refractivity contribution in [1.82, 2.24) is 9.91 Å². The molecule has 0 bridgehead atoms. The third-order valence-electron chi connectivity index (χ3n) is 5.72. The van der Waals surface area contributed by atoms with Crippen LogP contribution in [0.25, 0.3) is 0 Å². The molecule has 0 radical (unpaired) electrons. The minimum absolute atomic E-state index is 0.0491. The van der Waals surface area contributed by atoms with Crippen molar-refractivity contribution in [3.8, 4) is 11.5 Å². The molecule has 188 valence electrons. The third kappa shape index (κ3) is 6.99. The van der Waals surface area contributed by atoms with Crippen LogP contribution in [0.15, 0.2) is 47.6 Å². The lowest BCUT2D eigenvalue weighted by Crippen LogP contribution is -2.42. The zero-order valence-corrected chi connectivity index (χ0v) is 22.0. The maximum atomic E-state index is 12.5. The molecule has 0 spiro atoms. The molecule has 0 aromatic heterocycles. The maximum Gasteiger partial charge on any atom is 0.302 e. The molecule has 0 atom stereocenters. The highest BCUT2D eigenvalue weighted by molar-refractivity contribution is 8.14. The first kappa shape index (κ1) is 26.6. The van der Waals surface area contributed by atoms with E-state index in [1.807, 2.05) is 42.5 Å². The van der Waals surface area contributed by atoms with Gasteiger partial charge in [-0.1, -0.05) is 23.9 Å². The fourth-order valence-corrected chi connectivity index (χ4v) is 4.61. The topological polar surface area (TPSA) is 83.5 Å². The average Bonchev–Trinajstić information content (AvgIpc) is 2.84. The van der Waals surface area contributed by atoms with Crippen molar-refractivity contribution < 1.29 is 19.1 Å². The Morgan fingerprint density at radius 3 is 2.31 bits per heavy atom. The molecule has 0 saturated heterocycles. The molecule has 1 heterocycles. The van der Waals surface area contributed by atoms with Gasteiger partial charge < -0.3 is 14.8 Å². The molecule has 1 N–H and O–H groups in total. The number of amides is 2. The highest BCUT2D eigenvalue weighted by Gasteiger charge is 2.23. The molecule has 1 aliphatic rings. The zero-order chi connectivity index (χ0) is 25.5. The van der Waals surface area contributed by atoms with Crippen molar-refractivity contribution in [3.05, 3.63) is 53.6 Å². The van der Waals surface area contributed by atoms with E-state index in [2.05, 4.69) is 43.0 Å². The molecule has 3 rings (SSSR count). The second-order valence-electron chi connectivity index (χ2n) is 8.83. The summed E-state index contributed by atoms with van der Waals surface area (Å²) in [6, 6.07) is 13.7. The summed E-state index contributed by atoms with van der Waals surface area (Å²) >= 11 is 1.22. The van der Waals surface area contributed by atoms with Crippen LogP contribution in [0.2, 0.25) is 0 Å². The van der Waals surface area contributed by atoms with E-state index in [9.17, 15) is 9.59 Å². The number of rotatable bonds is 10. The molecule has 2 aromatic rings. The van der Waals surface area contributed by atoms with Crippen LogP contribution in [0.3, 0.4) is 0 Å². The molecule has 2 amide bonds. The van der Waals surface area contributed by atoms with Crippen LogP contribution in [0.1, 0.15) is 38.8 Å². The summed E-state index contributed by atoms with van der Waals surface area (Å²) in [5.74, 6) is 1.69. The summed E-state index contributed by atoms with van der Waals surface area (Å²) in [7, 11) is 3.18. The zero-order valence-electron chi connectivity index (χ0n) is 21.2. The standard InChI is InChI=1S/C26H34N4O4S/c1-17(2)29(18(3)4)15-25(31)27-21-10-7-19(8-11-21)14-30-26(32)35-16-22(28-30)20-9-12-23(33-5)24(13-20)34-6/h7-13,17-18H,14-16H2,1-6H3,(H,27,31). The molecule has 0 saturated carbocycles. The number of methoxy groups -OCH3 is 2. The Morgan fingerprint density at radius 1 is 1.06 bits per heavy atom. The van der Waals surface area contributed by atoms with E-state index in [0.717, 1.165) is 22.5 Å². The van der Waals surface area contributed by atoms with Crippen LogP contribution in [0.4, 0.5) is 10.5 Å². The van der Waals surface area contributed by atoms with Crippen molar-refractivity contribution in [2.24, 2.45) is 5.10 Å². The number of nitrogens with one attached hydrogen (secondary N) is 1. The van der Waals surface area contributed by atoms with Gasteiger partial charge in [-0.05, 0) is 63.6 Å². The van der Waals surface area contributed by atoms with Gasteiger partial charge in [-0.15, -0.1) is 0 Å². The Balaban J connectivity index is 1.67. The van der Waals surface area contributed by atoms with Crippen molar-refractivity contribution in [3.63, 3.8) is 0 Å². The number of thioether (sulfide) groups is 1. The number of hydrazone groups is 1. The molecular weight excluding hydrogens is 464 g/mol. The van der Waals surface area contributed by atoms with Crippen LogP contribution in [-0.4, -0.2) is 65.4 Å². The van der Waals surface area contributed by atoms with Crippen molar-refractivity contribution in [2.45, 2.75) is 46.3 Å². The van der Waals surface area contributed by atoms with E-state index in [4.69, 9.17) is 9.47 Å². The fourth-order valence-electron chi connectivity index (χ4n) is 3.87. The molecule has 9 heteroatoms. The van der Waals surface area contributed by atoms with Crippen molar-refractivity contribution in [1.29, 1.82) is 0 Å². The summed E-state index contributed by atoms with van der Waals surface area (Å²) in [6.45, 7) is 9.01. The van der Waals surface area contributed by atoms with Gasteiger partial charge in [0.2, 0.25) is 5.91 Å². The van der Waals surface area contributed by atoms with Gasteiger partial charge in [-0.3, -0.25) is 14.5 Å². The summed E-state index contributed by atoms with van der Waals surface area (Å²) < 4.78 is 10.7. The normalized spacial score (nSPS) is 13.9. The van der Waals surface area contributed by atoms with Gasteiger partial charge in [0.05, 0.1) is 33.0 Å². The van der Waals surface area contributed by atoms with Crippen LogP contribution < -0.4 is 14.8 Å². The summed E-state index contributed by atoms with van der Waals surface area (Å²) in [5.41, 5.74) is 3.31. The molecule has 0 fully saturated rings. The van der Waals surface area contributed by atoms with Gasteiger partial charge in [0.25, 0.3) is 0 Å². The first-order chi connectivity index (χ1) is 16.7. The van der Waals surface area contributed by atoms with Crippen LogP contribution >= 0.6 is 11.8 Å². The Morgan fingerprint density at radius 2 is 1.71 bits per heavy atom. The number of nitrogens with zero attached hydrogens (tertiary/aromatic N) is 3. The number of hydrogen-bond acceptors (Lipinski definition) is 7. The van der Waals surface area contributed by atoms with E-state index in [1.165, 1.54) is 16.8 Å². The number of benzene rings is 2. The molecular formula is C26H34N4O4S. The highest BCUT2D eigenvalue weighted by atomic mass is 32.2. The summed E-state index contributed by atoms with van der Waals surface area (Å²) in [4.78, 5) is 27.1. The molecule has 1 aliphatic heterocycles. The van der Waals surface area contributed by atoms with Gasteiger partial charge in [0.15, 0.2) is 11.5 Å². The predicted octanol–water partition coefficient (Wildman–Crippen LogP) is 4.83. The van der Waals surface area contributed by atoms with Crippen LogP contribution in [-0.2, 0) is 11.3 Å². The predicted molar refractivity (Wildman–Crippen MR) is 142 cm³/mol. The Hall–Kier alpha value is -3.04. The number of ether oxygens (including phenoxy) is 2. The second-order valence-corrected chi connectivity index (χ2v) is 9.76. The van der Waals surface area contributed by atoms with E-state index >= 15 is 0 Å². The van der Waals surface area contributed by atoms with Crippen LogP contribution in [0, 0.1) is 0 Å². The number of carbonyl (C=O) groups is 2. The van der Waals surface area contributed by atoms with Crippen molar-refractivity contribution in [2.75, 3.05) is 31.8 Å². The Kier molecular flexibility index (Phi) is 9.17. The Labute approximate surface area is 211 Å². The Bertz CT molecular complexity index is 1060. The van der Waals surface area contributed by atoms with Gasteiger partial charge in [0.1, 0.15) is 0 Å². The van der Waals surface area contributed by atoms with E-state index in [-0.39, 0.29) is 23.2 Å². The minimum Gasteiger partial charge on any atom is -0.493 e. The second kappa shape index (κ2) is 12.1. The average molecular weight is 499 g/mol. The molecule has 8 nitrogen and oxygen atoms in total. The lowest BCUT2D eigenvalue weighted by atomic mass is 10.1. The van der Waals surface area contributed by atoms with Gasteiger partial charge in [0, 0.05) is 29.1 Å². The van der Waals surface area contributed by atoms with Crippen molar-refractivity contribution >= 4 is 34.3 Å². The smallest absolute Gasteiger partial charge is 0.302 e. The maximum absolute atomic E-state index is 12.5. The first-order valence-electron chi connectivity index (χ1n) is 11.6. The summed E-state index contributed by atoms with van der Waals surface area (Å²) in [5, 5.41) is 8.93. The first-order valence-corrected chi connectivity index (χ1v) is 12.6. The van der Waals surface area contributed by atoms with E-state index in [0.29, 0.717) is 30.3 Å². The lowest BCUT2D eigenvalue weighted by Gasteiger charge is -2.29. The third-order valence-corrected chi connectivity index (χ3v) is 6.60. The van der Waals surface area contributed by atoms with Crippen LogP contribution in [0.5, 0.6) is 11.5 Å². The molecule has 0 aliphatic carbocycles. The SMILES string of the molecule is COc1ccc(C2=NN(Cc3ccc(NC(=O)CN(C(C)C)C(C)C)cc3)C(=O)SC2)cc1OC. The quantitative estimate of drug-likeness (QED) is 0.505. The van der Waals surface area contributed by atoms with Gasteiger partial charge >= 0.3 is 5.24 Å². The van der Waals surface area contributed by atoms with Gasteiger partial charge in [-0.25, -0.2) is 5.01 Å². The molecule has 35 heavy (non-hydrogen) atoms. The number of anilines is 1. The lowest BCUT2D eigenvalue weighted by molar-refractivity contribution is -0.118. The van der Waals surface area contributed by atoms with E-state index < -0.39 is 0 Å². The number of carbonyl (C=O) groups excluding carboxylic acids is 2. The largest absolute Gasteiger partial charge is 0.493 e. The monoisotopic (exact) mass is 498 g/mol. The fraction of sp³-hybridized carbons (Fsp3) is 0.423. The molecule has 2 aromatic carbocycles. The molecule has 0 unspecified atom stereocenters. The van der Waals surface area contributed by atoms with Gasteiger partial charge in [-0.2, -0.15) is 5.10 Å². The summed E-state index contributed by atoms with van der Waals surface area (Å²) in [6.07, 6.45) is 0. The minimum atomic E-state index is -0.103. The number of hydrogen-bond donors (Lipinski definition) is 1. The van der Waals surface area contributed by atoms with E-state index in [1.54, 1.807) is 14.2 Å².